The lowest BCUT2D eigenvalue weighted by Crippen LogP contribution is -2.31. The molecule has 116 valence electrons. The Morgan fingerprint density at radius 1 is 1.27 bits per heavy atom. The van der Waals surface area contributed by atoms with Crippen LogP contribution in [0.25, 0.3) is 0 Å². The van der Waals surface area contributed by atoms with Gasteiger partial charge in [-0.2, -0.15) is 0 Å². The van der Waals surface area contributed by atoms with Crippen molar-refractivity contribution in [2.75, 3.05) is 5.32 Å². The lowest BCUT2D eigenvalue weighted by molar-refractivity contribution is 0.0938. The summed E-state index contributed by atoms with van der Waals surface area (Å²) in [6.45, 7) is 5.79. The van der Waals surface area contributed by atoms with E-state index in [4.69, 9.17) is 0 Å². The van der Waals surface area contributed by atoms with Crippen LogP contribution in [0.2, 0.25) is 0 Å². The topological polar surface area (TPSA) is 66.9 Å². The van der Waals surface area contributed by atoms with Crippen LogP contribution in [-0.4, -0.2) is 21.9 Å². The normalized spacial score (nSPS) is 10.6. The number of benzene rings is 1. The molecule has 0 radical (unpaired) electrons. The van der Waals surface area contributed by atoms with Gasteiger partial charge in [0, 0.05) is 23.8 Å². The number of nitrogens with one attached hydrogen (secondary N) is 2. The quantitative estimate of drug-likeness (QED) is 0.891. The van der Waals surface area contributed by atoms with E-state index in [1.165, 1.54) is 6.07 Å². The van der Waals surface area contributed by atoms with E-state index >= 15 is 0 Å². The molecule has 0 bridgehead atoms. The number of carbonyl (C=O) groups excluding carboxylic acids is 1. The zero-order chi connectivity index (χ0) is 16.1. The minimum absolute atomic E-state index is 0.0256. The fourth-order valence-electron chi connectivity index (χ4n) is 1.92. The standard InChI is InChI=1S/C16H19FN4O/c1-10(2)19-15(22)14-8-11(3)20-16(21-14)18-9-12-6-4-5-7-13(12)17/h4-8,10H,9H2,1-3H3,(H,19,22)(H,18,20,21). The Bertz CT molecular complexity index is 673. The average Bonchev–Trinajstić information content (AvgIpc) is 2.45. The molecule has 0 aliphatic heterocycles. The van der Waals surface area contributed by atoms with E-state index in [0.717, 1.165) is 0 Å². The minimum atomic E-state index is -0.291. The van der Waals surface area contributed by atoms with Crippen LogP contribution in [0.4, 0.5) is 10.3 Å². The predicted octanol–water partition coefficient (Wildman–Crippen LogP) is 2.67. The van der Waals surface area contributed by atoms with Crippen molar-refractivity contribution >= 4 is 11.9 Å². The summed E-state index contributed by atoms with van der Waals surface area (Å²) in [4.78, 5) is 20.4. The Morgan fingerprint density at radius 3 is 2.68 bits per heavy atom. The molecule has 0 aliphatic rings. The van der Waals surface area contributed by atoms with Crippen molar-refractivity contribution in [3.63, 3.8) is 0 Å². The first kappa shape index (κ1) is 15.9. The number of halogens is 1. The SMILES string of the molecule is Cc1cc(C(=O)NC(C)C)nc(NCc2ccccc2F)n1. The molecule has 0 aliphatic carbocycles. The first-order valence-electron chi connectivity index (χ1n) is 7.09. The number of carbonyl (C=O) groups is 1. The summed E-state index contributed by atoms with van der Waals surface area (Å²) in [6, 6.07) is 8.12. The highest BCUT2D eigenvalue weighted by atomic mass is 19.1. The molecule has 0 saturated carbocycles. The average molecular weight is 302 g/mol. The van der Waals surface area contributed by atoms with Gasteiger partial charge in [0.25, 0.3) is 5.91 Å². The van der Waals surface area contributed by atoms with Gasteiger partial charge in [-0.25, -0.2) is 14.4 Å². The van der Waals surface area contributed by atoms with Gasteiger partial charge in [-0.15, -0.1) is 0 Å². The van der Waals surface area contributed by atoms with Gasteiger partial charge in [0.15, 0.2) is 0 Å². The maximum atomic E-state index is 13.6. The summed E-state index contributed by atoms with van der Waals surface area (Å²) < 4.78 is 13.6. The molecule has 1 heterocycles. The van der Waals surface area contributed by atoms with E-state index in [-0.39, 0.29) is 30.0 Å². The van der Waals surface area contributed by atoms with Gasteiger partial charge in [0.05, 0.1) is 0 Å². The van der Waals surface area contributed by atoms with Gasteiger partial charge in [-0.1, -0.05) is 18.2 Å². The number of nitrogens with zero attached hydrogens (tertiary/aromatic N) is 2. The van der Waals surface area contributed by atoms with Gasteiger partial charge in [-0.05, 0) is 32.9 Å². The summed E-state index contributed by atoms with van der Waals surface area (Å²) >= 11 is 0. The Labute approximate surface area is 129 Å². The summed E-state index contributed by atoms with van der Waals surface area (Å²) in [6.07, 6.45) is 0. The highest BCUT2D eigenvalue weighted by Gasteiger charge is 2.11. The number of aromatic nitrogens is 2. The van der Waals surface area contributed by atoms with Gasteiger partial charge < -0.3 is 10.6 Å². The van der Waals surface area contributed by atoms with E-state index in [0.29, 0.717) is 17.2 Å². The molecule has 1 amide bonds. The summed E-state index contributed by atoms with van der Waals surface area (Å²) in [5, 5.41) is 5.73. The molecule has 5 nitrogen and oxygen atoms in total. The molecular weight excluding hydrogens is 283 g/mol. The molecule has 22 heavy (non-hydrogen) atoms. The number of rotatable bonds is 5. The van der Waals surface area contributed by atoms with Crippen molar-refractivity contribution in [1.82, 2.24) is 15.3 Å². The van der Waals surface area contributed by atoms with E-state index in [9.17, 15) is 9.18 Å². The van der Waals surface area contributed by atoms with Crippen LogP contribution in [0.15, 0.2) is 30.3 Å². The van der Waals surface area contributed by atoms with E-state index in [2.05, 4.69) is 20.6 Å². The second kappa shape index (κ2) is 6.98. The van der Waals surface area contributed by atoms with E-state index in [1.54, 1.807) is 31.2 Å². The van der Waals surface area contributed by atoms with Crippen LogP contribution in [0.5, 0.6) is 0 Å². The number of aryl methyl sites for hydroxylation is 1. The largest absolute Gasteiger partial charge is 0.350 e. The van der Waals surface area contributed by atoms with Crippen LogP contribution < -0.4 is 10.6 Å². The van der Waals surface area contributed by atoms with Gasteiger partial charge in [0.1, 0.15) is 11.5 Å². The second-order valence-electron chi connectivity index (χ2n) is 5.29. The third-order valence-electron chi connectivity index (χ3n) is 2.90. The van der Waals surface area contributed by atoms with Gasteiger partial charge >= 0.3 is 0 Å². The minimum Gasteiger partial charge on any atom is -0.350 e. The number of hydrogen-bond donors (Lipinski definition) is 2. The molecule has 2 N–H and O–H groups in total. The maximum Gasteiger partial charge on any atom is 0.270 e. The van der Waals surface area contributed by atoms with Crippen LogP contribution in [0, 0.1) is 12.7 Å². The molecule has 2 aromatic rings. The Balaban J connectivity index is 2.13. The first-order chi connectivity index (χ1) is 10.5. The zero-order valence-electron chi connectivity index (χ0n) is 12.9. The molecule has 0 saturated heterocycles. The highest BCUT2D eigenvalue weighted by Crippen LogP contribution is 2.10. The Morgan fingerprint density at radius 2 is 2.00 bits per heavy atom. The first-order valence-corrected chi connectivity index (χ1v) is 7.09. The van der Waals surface area contributed by atoms with Crippen LogP contribution in [-0.2, 0) is 6.54 Å². The van der Waals surface area contributed by atoms with Crippen molar-refractivity contribution in [2.24, 2.45) is 0 Å². The zero-order valence-corrected chi connectivity index (χ0v) is 12.9. The molecular formula is C16H19FN4O. The molecule has 1 aromatic heterocycles. The highest BCUT2D eigenvalue weighted by molar-refractivity contribution is 5.92. The lowest BCUT2D eigenvalue weighted by atomic mass is 10.2. The monoisotopic (exact) mass is 302 g/mol. The van der Waals surface area contributed by atoms with E-state index in [1.807, 2.05) is 13.8 Å². The number of hydrogen-bond acceptors (Lipinski definition) is 4. The van der Waals surface area contributed by atoms with Crippen molar-refractivity contribution < 1.29 is 9.18 Å². The summed E-state index contributed by atoms with van der Waals surface area (Å²) in [5.74, 6) is -0.243. The van der Waals surface area contributed by atoms with E-state index < -0.39 is 0 Å². The molecule has 1 aromatic carbocycles. The number of amides is 1. The lowest BCUT2D eigenvalue weighted by Gasteiger charge is -2.10. The van der Waals surface area contributed by atoms with Gasteiger partial charge in [0.2, 0.25) is 5.95 Å². The molecule has 0 unspecified atom stereocenters. The van der Waals surface area contributed by atoms with Crippen LogP contribution in [0.3, 0.4) is 0 Å². The summed E-state index contributed by atoms with van der Waals surface area (Å²) in [5.41, 5.74) is 1.47. The Hall–Kier alpha value is -2.50. The molecule has 0 atom stereocenters. The fraction of sp³-hybridized carbons (Fsp3) is 0.312. The molecule has 2 rings (SSSR count). The van der Waals surface area contributed by atoms with Crippen molar-refractivity contribution in [3.8, 4) is 0 Å². The van der Waals surface area contributed by atoms with Crippen LogP contribution >= 0.6 is 0 Å². The van der Waals surface area contributed by atoms with Crippen molar-refractivity contribution in [2.45, 2.75) is 33.4 Å². The van der Waals surface area contributed by atoms with Gasteiger partial charge in [-0.3, -0.25) is 4.79 Å². The summed E-state index contributed by atoms with van der Waals surface area (Å²) in [7, 11) is 0. The van der Waals surface area contributed by atoms with Crippen molar-refractivity contribution in [1.29, 1.82) is 0 Å². The molecule has 6 heteroatoms. The Kier molecular flexibility index (Phi) is 5.04. The molecule has 0 spiro atoms. The molecule has 0 fully saturated rings. The predicted molar refractivity (Wildman–Crippen MR) is 83.1 cm³/mol. The maximum absolute atomic E-state index is 13.6. The smallest absolute Gasteiger partial charge is 0.270 e. The van der Waals surface area contributed by atoms with Crippen LogP contribution in [0.1, 0.15) is 35.6 Å². The second-order valence-corrected chi connectivity index (χ2v) is 5.29. The third kappa shape index (κ3) is 4.25. The third-order valence-corrected chi connectivity index (χ3v) is 2.90. The number of anilines is 1. The van der Waals surface area contributed by atoms with Crippen molar-refractivity contribution in [3.05, 3.63) is 53.1 Å². The fourth-order valence-corrected chi connectivity index (χ4v) is 1.92.